The number of hydrogen-bond donors (Lipinski definition) is 2. The maximum Gasteiger partial charge on any atom is 0.277 e. The average molecular weight is 221 g/mol. The topological polar surface area (TPSA) is 89.4 Å². The van der Waals surface area contributed by atoms with Gasteiger partial charge in [-0.15, -0.1) is 0 Å². The first-order chi connectivity index (χ1) is 6.49. The number of rotatable bonds is 3. The van der Waals surface area contributed by atoms with Crippen LogP contribution < -0.4 is 10.9 Å². The molecule has 5 nitrogen and oxygen atoms in total. The molecule has 84 valence electrons. The van der Waals surface area contributed by atoms with Crippen molar-refractivity contribution in [2.24, 2.45) is 16.8 Å². The van der Waals surface area contributed by atoms with Crippen molar-refractivity contribution < 1.29 is 8.42 Å². The molecule has 0 aliphatic carbocycles. The third kappa shape index (κ3) is 2.66. The summed E-state index contributed by atoms with van der Waals surface area (Å²) in [5.41, 5.74) is 5.55. The summed E-state index contributed by atoms with van der Waals surface area (Å²) in [7, 11) is -3.57. The Morgan fingerprint density at radius 3 is 2.57 bits per heavy atom. The fraction of sp³-hybridized carbons (Fsp3) is 1.00. The highest BCUT2D eigenvalue weighted by molar-refractivity contribution is 7.86. The standard InChI is InChI=1S/C8H19N3O2S/c1-2-7-3-4-11(14(10,12)13)8(5-7)6-9/h7-8H,2-6,9H2,1H3,(H2,10,12,13). The van der Waals surface area contributed by atoms with E-state index in [0.29, 0.717) is 19.0 Å². The number of nitrogens with zero attached hydrogens (tertiary/aromatic N) is 1. The molecule has 0 bridgehead atoms. The van der Waals surface area contributed by atoms with Crippen LogP contribution >= 0.6 is 0 Å². The molecule has 0 radical (unpaired) electrons. The first-order valence-electron chi connectivity index (χ1n) is 4.98. The van der Waals surface area contributed by atoms with Crippen molar-refractivity contribution in [1.82, 2.24) is 4.31 Å². The summed E-state index contributed by atoms with van der Waals surface area (Å²) < 4.78 is 23.7. The second-order valence-corrected chi connectivity index (χ2v) is 5.34. The third-order valence-corrected chi connectivity index (χ3v) is 4.08. The zero-order valence-electron chi connectivity index (χ0n) is 8.52. The molecule has 0 saturated carbocycles. The van der Waals surface area contributed by atoms with E-state index in [2.05, 4.69) is 6.92 Å². The summed E-state index contributed by atoms with van der Waals surface area (Å²) in [6.07, 6.45) is 2.81. The second-order valence-electron chi connectivity index (χ2n) is 3.84. The first-order valence-corrected chi connectivity index (χ1v) is 6.49. The highest BCUT2D eigenvalue weighted by atomic mass is 32.2. The van der Waals surface area contributed by atoms with Crippen LogP contribution in [0.4, 0.5) is 0 Å². The zero-order chi connectivity index (χ0) is 10.8. The van der Waals surface area contributed by atoms with Gasteiger partial charge in [0.05, 0.1) is 0 Å². The lowest BCUT2D eigenvalue weighted by molar-refractivity contribution is 0.198. The summed E-state index contributed by atoms with van der Waals surface area (Å²) in [5.74, 6) is 0.585. The van der Waals surface area contributed by atoms with E-state index >= 15 is 0 Å². The Hall–Kier alpha value is -0.170. The Labute approximate surface area is 85.6 Å². The number of piperidine rings is 1. The molecule has 1 rings (SSSR count). The predicted molar refractivity (Wildman–Crippen MR) is 55.7 cm³/mol. The van der Waals surface area contributed by atoms with Gasteiger partial charge < -0.3 is 5.73 Å². The minimum Gasteiger partial charge on any atom is -0.329 e. The summed E-state index contributed by atoms with van der Waals surface area (Å²) >= 11 is 0. The molecule has 1 aliphatic heterocycles. The number of nitrogens with two attached hydrogens (primary N) is 2. The molecular formula is C8H19N3O2S. The predicted octanol–water partition coefficient (Wildman–Crippen LogP) is -0.361. The zero-order valence-corrected chi connectivity index (χ0v) is 9.33. The largest absolute Gasteiger partial charge is 0.329 e. The highest BCUT2D eigenvalue weighted by Gasteiger charge is 2.32. The monoisotopic (exact) mass is 221 g/mol. The lowest BCUT2D eigenvalue weighted by Crippen LogP contribution is -2.51. The van der Waals surface area contributed by atoms with Crippen molar-refractivity contribution in [2.45, 2.75) is 32.2 Å². The highest BCUT2D eigenvalue weighted by Crippen LogP contribution is 2.25. The van der Waals surface area contributed by atoms with Gasteiger partial charge in [-0.1, -0.05) is 13.3 Å². The number of hydrogen-bond acceptors (Lipinski definition) is 3. The SMILES string of the molecule is CCC1CCN(S(N)(=O)=O)C(CN)C1. The Morgan fingerprint density at radius 1 is 1.50 bits per heavy atom. The summed E-state index contributed by atoms with van der Waals surface area (Å²) in [5, 5.41) is 5.11. The van der Waals surface area contributed by atoms with Crippen LogP contribution in [0.2, 0.25) is 0 Å². The van der Waals surface area contributed by atoms with Crippen molar-refractivity contribution in [1.29, 1.82) is 0 Å². The third-order valence-electron chi connectivity index (χ3n) is 2.95. The van der Waals surface area contributed by atoms with Crippen LogP contribution in [-0.4, -0.2) is 31.9 Å². The molecule has 0 aromatic rings. The molecule has 4 N–H and O–H groups in total. The molecule has 2 atom stereocenters. The van der Waals surface area contributed by atoms with Crippen LogP contribution in [0.3, 0.4) is 0 Å². The van der Waals surface area contributed by atoms with E-state index in [4.69, 9.17) is 10.9 Å². The molecule has 1 aliphatic rings. The van der Waals surface area contributed by atoms with Gasteiger partial charge in [0, 0.05) is 19.1 Å². The van der Waals surface area contributed by atoms with Crippen molar-refractivity contribution in [3.05, 3.63) is 0 Å². The summed E-state index contributed by atoms with van der Waals surface area (Å²) in [6.45, 7) is 2.98. The van der Waals surface area contributed by atoms with E-state index in [0.717, 1.165) is 19.3 Å². The van der Waals surface area contributed by atoms with Gasteiger partial charge in [-0.3, -0.25) is 0 Å². The van der Waals surface area contributed by atoms with Crippen molar-refractivity contribution in [2.75, 3.05) is 13.1 Å². The second kappa shape index (κ2) is 4.57. The quantitative estimate of drug-likeness (QED) is 0.682. The maximum atomic E-state index is 11.2. The van der Waals surface area contributed by atoms with Gasteiger partial charge in [-0.05, 0) is 18.8 Å². The molecule has 6 heteroatoms. The van der Waals surface area contributed by atoms with Gasteiger partial charge in [0.15, 0.2) is 0 Å². The summed E-state index contributed by atoms with van der Waals surface area (Å²) in [4.78, 5) is 0. The lowest BCUT2D eigenvalue weighted by Gasteiger charge is -2.36. The van der Waals surface area contributed by atoms with E-state index in [1.165, 1.54) is 4.31 Å². The van der Waals surface area contributed by atoms with Gasteiger partial charge >= 0.3 is 0 Å². The smallest absolute Gasteiger partial charge is 0.277 e. The Kier molecular flexibility index (Phi) is 3.88. The van der Waals surface area contributed by atoms with Gasteiger partial charge in [0.25, 0.3) is 10.2 Å². The van der Waals surface area contributed by atoms with Crippen LogP contribution in [0.25, 0.3) is 0 Å². The van der Waals surface area contributed by atoms with E-state index in [-0.39, 0.29) is 6.04 Å². The van der Waals surface area contributed by atoms with E-state index in [9.17, 15) is 8.42 Å². The van der Waals surface area contributed by atoms with Crippen LogP contribution in [0, 0.1) is 5.92 Å². The van der Waals surface area contributed by atoms with Crippen molar-refractivity contribution >= 4 is 10.2 Å². The normalized spacial score (nSPS) is 30.5. The van der Waals surface area contributed by atoms with Crippen LogP contribution in [0.15, 0.2) is 0 Å². The van der Waals surface area contributed by atoms with E-state index in [1.807, 2.05) is 0 Å². The Bertz CT molecular complexity index is 278. The maximum absolute atomic E-state index is 11.2. The molecule has 0 spiro atoms. The summed E-state index contributed by atoms with van der Waals surface area (Å²) in [6, 6.07) is -0.108. The Balaban J connectivity index is 2.71. The molecule has 0 aromatic carbocycles. The van der Waals surface area contributed by atoms with Gasteiger partial charge in [0.2, 0.25) is 0 Å². The molecule has 1 saturated heterocycles. The van der Waals surface area contributed by atoms with Gasteiger partial charge in [-0.25, -0.2) is 5.14 Å². The Morgan fingerprint density at radius 2 is 2.14 bits per heavy atom. The molecule has 0 amide bonds. The molecular weight excluding hydrogens is 202 g/mol. The molecule has 2 unspecified atom stereocenters. The van der Waals surface area contributed by atoms with Crippen LogP contribution in [0.5, 0.6) is 0 Å². The lowest BCUT2D eigenvalue weighted by atomic mass is 9.90. The minimum atomic E-state index is -3.57. The fourth-order valence-corrected chi connectivity index (χ4v) is 2.98. The van der Waals surface area contributed by atoms with Gasteiger partial charge in [0.1, 0.15) is 0 Å². The van der Waals surface area contributed by atoms with Crippen LogP contribution in [0.1, 0.15) is 26.2 Å². The first kappa shape index (κ1) is 11.9. The van der Waals surface area contributed by atoms with E-state index < -0.39 is 10.2 Å². The van der Waals surface area contributed by atoms with Gasteiger partial charge in [-0.2, -0.15) is 12.7 Å². The minimum absolute atomic E-state index is 0.108. The molecule has 1 fully saturated rings. The molecule has 1 heterocycles. The average Bonchev–Trinajstić information content (AvgIpc) is 2.15. The fourth-order valence-electron chi connectivity index (χ4n) is 2.03. The van der Waals surface area contributed by atoms with Crippen molar-refractivity contribution in [3.63, 3.8) is 0 Å². The van der Waals surface area contributed by atoms with E-state index in [1.54, 1.807) is 0 Å². The molecule has 0 aromatic heterocycles. The van der Waals surface area contributed by atoms with Crippen molar-refractivity contribution in [3.8, 4) is 0 Å². The van der Waals surface area contributed by atoms with Crippen LogP contribution in [-0.2, 0) is 10.2 Å². The molecule has 14 heavy (non-hydrogen) atoms.